The molecule has 0 unspecified atom stereocenters. The first kappa shape index (κ1) is 16.9. The van der Waals surface area contributed by atoms with Gasteiger partial charge >= 0.3 is 5.97 Å². The lowest BCUT2D eigenvalue weighted by Gasteiger charge is -2.15. The molecule has 0 radical (unpaired) electrons. The van der Waals surface area contributed by atoms with E-state index >= 15 is 0 Å². The Morgan fingerprint density at radius 1 is 1.00 bits per heavy atom. The van der Waals surface area contributed by atoms with Crippen LogP contribution < -0.4 is 0 Å². The highest BCUT2D eigenvalue weighted by Crippen LogP contribution is 2.09. The number of unbranched alkanes of at least 4 members (excludes halogenated alkanes) is 6. The van der Waals surface area contributed by atoms with Crippen molar-refractivity contribution in [2.75, 3.05) is 20.7 Å². The SMILES string of the molecule is CCCCCCCCCC(=O)N(C)CC(=O)OC. The maximum absolute atomic E-state index is 11.6. The Hall–Kier alpha value is -1.06. The van der Waals surface area contributed by atoms with Crippen LogP contribution in [0, 0.1) is 0 Å². The number of carbonyl (C=O) groups excluding carboxylic acids is 2. The van der Waals surface area contributed by atoms with Crippen LogP contribution in [-0.2, 0) is 14.3 Å². The highest BCUT2D eigenvalue weighted by molar-refractivity contribution is 5.81. The second-order valence-electron chi connectivity index (χ2n) is 4.70. The fourth-order valence-electron chi connectivity index (χ4n) is 1.77. The first-order valence-corrected chi connectivity index (χ1v) is 6.92. The summed E-state index contributed by atoms with van der Waals surface area (Å²) in [6.07, 6.45) is 8.87. The Balaban J connectivity index is 3.49. The first-order chi connectivity index (χ1) is 8.61. The second kappa shape index (κ2) is 11.1. The number of rotatable bonds is 10. The van der Waals surface area contributed by atoms with E-state index in [0.717, 1.165) is 12.8 Å². The van der Waals surface area contributed by atoms with Gasteiger partial charge in [0.05, 0.1) is 7.11 Å². The van der Waals surface area contributed by atoms with Gasteiger partial charge in [0.15, 0.2) is 0 Å². The summed E-state index contributed by atoms with van der Waals surface area (Å²) in [7, 11) is 2.97. The van der Waals surface area contributed by atoms with Crippen LogP contribution in [0.5, 0.6) is 0 Å². The summed E-state index contributed by atoms with van der Waals surface area (Å²) in [5, 5.41) is 0. The molecule has 0 aliphatic heterocycles. The predicted molar refractivity (Wildman–Crippen MR) is 72.3 cm³/mol. The third kappa shape index (κ3) is 9.02. The van der Waals surface area contributed by atoms with E-state index in [2.05, 4.69) is 11.7 Å². The lowest BCUT2D eigenvalue weighted by Crippen LogP contribution is -2.32. The van der Waals surface area contributed by atoms with Gasteiger partial charge in [-0.2, -0.15) is 0 Å². The van der Waals surface area contributed by atoms with Crippen LogP contribution in [0.1, 0.15) is 58.3 Å². The normalized spacial score (nSPS) is 10.2. The van der Waals surface area contributed by atoms with Crippen molar-refractivity contribution in [2.45, 2.75) is 58.3 Å². The average molecular weight is 257 g/mol. The molecule has 0 spiro atoms. The van der Waals surface area contributed by atoms with Crippen LogP contribution in [0.25, 0.3) is 0 Å². The summed E-state index contributed by atoms with van der Waals surface area (Å²) in [5.74, 6) is -0.348. The molecule has 0 aromatic carbocycles. The highest BCUT2D eigenvalue weighted by Gasteiger charge is 2.12. The van der Waals surface area contributed by atoms with E-state index in [1.54, 1.807) is 7.05 Å². The number of nitrogens with zero attached hydrogens (tertiary/aromatic N) is 1. The Kier molecular flexibility index (Phi) is 10.4. The van der Waals surface area contributed by atoms with Gasteiger partial charge in [0.1, 0.15) is 6.54 Å². The summed E-state index contributed by atoms with van der Waals surface area (Å²) >= 11 is 0. The Morgan fingerprint density at radius 3 is 2.11 bits per heavy atom. The van der Waals surface area contributed by atoms with Crippen molar-refractivity contribution in [2.24, 2.45) is 0 Å². The number of hydrogen-bond donors (Lipinski definition) is 0. The van der Waals surface area contributed by atoms with E-state index in [1.165, 1.54) is 44.1 Å². The average Bonchev–Trinajstić information content (AvgIpc) is 2.37. The number of carbonyl (C=O) groups is 2. The van der Waals surface area contributed by atoms with Crippen LogP contribution in [0.3, 0.4) is 0 Å². The molecule has 0 heterocycles. The molecule has 0 bridgehead atoms. The maximum atomic E-state index is 11.6. The van der Waals surface area contributed by atoms with Crippen molar-refractivity contribution >= 4 is 11.9 Å². The molecule has 0 fully saturated rings. The maximum Gasteiger partial charge on any atom is 0.325 e. The monoisotopic (exact) mass is 257 g/mol. The number of amides is 1. The molecule has 0 N–H and O–H groups in total. The van der Waals surface area contributed by atoms with Gasteiger partial charge < -0.3 is 9.64 Å². The smallest absolute Gasteiger partial charge is 0.325 e. The number of hydrogen-bond acceptors (Lipinski definition) is 3. The quantitative estimate of drug-likeness (QED) is 0.446. The third-order valence-corrected chi connectivity index (χ3v) is 3.01. The summed E-state index contributed by atoms with van der Waals surface area (Å²) in [6.45, 7) is 2.25. The fraction of sp³-hybridized carbons (Fsp3) is 0.857. The molecule has 4 nitrogen and oxygen atoms in total. The second-order valence-corrected chi connectivity index (χ2v) is 4.70. The van der Waals surface area contributed by atoms with Gasteiger partial charge in [0, 0.05) is 13.5 Å². The summed E-state index contributed by atoms with van der Waals surface area (Å²) in [4.78, 5) is 24.1. The summed E-state index contributed by atoms with van der Waals surface area (Å²) in [5.41, 5.74) is 0. The molecule has 0 saturated carbocycles. The van der Waals surface area contributed by atoms with Crippen molar-refractivity contribution in [1.82, 2.24) is 4.90 Å². The minimum Gasteiger partial charge on any atom is -0.468 e. The lowest BCUT2D eigenvalue weighted by atomic mass is 10.1. The van der Waals surface area contributed by atoms with Crippen LogP contribution in [0.15, 0.2) is 0 Å². The predicted octanol–water partition coefficient (Wildman–Crippen LogP) is 2.76. The van der Waals surface area contributed by atoms with Gasteiger partial charge in [0.2, 0.25) is 5.91 Å². The molecular formula is C14H27NO3. The zero-order valence-electron chi connectivity index (χ0n) is 12.0. The van der Waals surface area contributed by atoms with Gasteiger partial charge in [-0.3, -0.25) is 9.59 Å². The van der Waals surface area contributed by atoms with Crippen LogP contribution in [-0.4, -0.2) is 37.5 Å². The standard InChI is InChI=1S/C14H27NO3/c1-4-5-6-7-8-9-10-11-13(16)15(2)12-14(17)18-3/h4-12H2,1-3H3. The van der Waals surface area contributed by atoms with Gasteiger partial charge in [0.25, 0.3) is 0 Å². The number of methoxy groups -OCH3 is 1. The van der Waals surface area contributed by atoms with Crippen LogP contribution >= 0.6 is 0 Å². The lowest BCUT2D eigenvalue weighted by molar-refractivity contribution is -0.146. The van der Waals surface area contributed by atoms with Crippen LogP contribution in [0.4, 0.5) is 0 Å². The molecule has 0 atom stereocenters. The zero-order chi connectivity index (χ0) is 13.8. The minimum absolute atomic E-state index is 0.0222. The molecule has 106 valence electrons. The molecule has 0 aliphatic rings. The largest absolute Gasteiger partial charge is 0.468 e. The summed E-state index contributed by atoms with van der Waals surface area (Å²) < 4.78 is 4.52. The van der Waals surface area contributed by atoms with Crippen molar-refractivity contribution in [1.29, 1.82) is 0 Å². The topological polar surface area (TPSA) is 46.6 Å². The third-order valence-electron chi connectivity index (χ3n) is 3.01. The number of ether oxygens (including phenoxy) is 1. The molecule has 1 amide bonds. The fourth-order valence-corrected chi connectivity index (χ4v) is 1.77. The van der Waals surface area contributed by atoms with E-state index in [0.29, 0.717) is 6.42 Å². The van der Waals surface area contributed by atoms with Gasteiger partial charge in [-0.25, -0.2) is 0 Å². The molecule has 0 rings (SSSR count). The molecule has 0 saturated heterocycles. The molecule has 0 aliphatic carbocycles. The van der Waals surface area contributed by atoms with Crippen LogP contribution in [0.2, 0.25) is 0 Å². The first-order valence-electron chi connectivity index (χ1n) is 6.92. The minimum atomic E-state index is -0.370. The van der Waals surface area contributed by atoms with E-state index < -0.39 is 0 Å². The molecule has 4 heteroatoms. The molecule has 0 aromatic heterocycles. The van der Waals surface area contributed by atoms with Gasteiger partial charge in [-0.1, -0.05) is 45.4 Å². The zero-order valence-corrected chi connectivity index (χ0v) is 12.0. The van der Waals surface area contributed by atoms with Gasteiger partial charge in [-0.05, 0) is 6.42 Å². The highest BCUT2D eigenvalue weighted by atomic mass is 16.5. The van der Waals surface area contributed by atoms with Crippen molar-refractivity contribution in [3.8, 4) is 0 Å². The summed E-state index contributed by atoms with van der Waals surface area (Å²) in [6, 6.07) is 0. The number of likely N-dealkylation sites (N-methyl/N-ethyl adjacent to an activating group) is 1. The Morgan fingerprint density at radius 2 is 1.56 bits per heavy atom. The van der Waals surface area contributed by atoms with E-state index in [4.69, 9.17) is 0 Å². The van der Waals surface area contributed by atoms with E-state index in [1.807, 2.05) is 0 Å². The Labute approximate surface area is 111 Å². The Bertz CT molecular complexity index is 241. The van der Waals surface area contributed by atoms with Crippen molar-refractivity contribution < 1.29 is 14.3 Å². The molecule has 18 heavy (non-hydrogen) atoms. The van der Waals surface area contributed by atoms with Crippen molar-refractivity contribution in [3.05, 3.63) is 0 Å². The van der Waals surface area contributed by atoms with E-state index in [-0.39, 0.29) is 18.4 Å². The number of esters is 1. The van der Waals surface area contributed by atoms with E-state index in [9.17, 15) is 9.59 Å². The van der Waals surface area contributed by atoms with Gasteiger partial charge in [-0.15, -0.1) is 0 Å². The molecular weight excluding hydrogens is 230 g/mol. The molecule has 0 aromatic rings. The van der Waals surface area contributed by atoms with Crippen molar-refractivity contribution in [3.63, 3.8) is 0 Å².